The highest BCUT2D eigenvalue weighted by Crippen LogP contribution is 2.18. The lowest BCUT2D eigenvalue weighted by Gasteiger charge is -2.15. The van der Waals surface area contributed by atoms with Crippen LogP contribution in [0.2, 0.25) is 0 Å². The van der Waals surface area contributed by atoms with Gasteiger partial charge >= 0.3 is 6.03 Å². The summed E-state index contributed by atoms with van der Waals surface area (Å²) in [5.41, 5.74) is 4.19. The van der Waals surface area contributed by atoms with E-state index in [1.54, 1.807) is 38.1 Å². The van der Waals surface area contributed by atoms with Gasteiger partial charge in [-0.3, -0.25) is 30.1 Å². The predicted molar refractivity (Wildman–Crippen MR) is 97.3 cm³/mol. The van der Waals surface area contributed by atoms with Crippen LogP contribution >= 0.6 is 0 Å². The van der Waals surface area contributed by atoms with Crippen molar-refractivity contribution in [3.05, 3.63) is 35.9 Å². The normalized spacial score (nSPS) is 15.6. The van der Waals surface area contributed by atoms with Crippen molar-refractivity contribution in [1.29, 1.82) is 0 Å². The highest BCUT2D eigenvalue weighted by atomic mass is 16.5. The summed E-state index contributed by atoms with van der Waals surface area (Å²) < 4.78 is 5.17. The lowest BCUT2D eigenvalue weighted by Crippen LogP contribution is -2.43. The van der Waals surface area contributed by atoms with E-state index in [1.165, 1.54) is 13.2 Å². The molecule has 1 heterocycles. The minimum atomic E-state index is -0.981. The zero-order chi connectivity index (χ0) is 20.0. The molecule has 3 N–H and O–H groups in total. The smallest absolute Gasteiger partial charge is 0.325 e. The van der Waals surface area contributed by atoms with E-state index in [9.17, 15) is 19.2 Å². The van der Waals surface area contributed by atoms with Crippen molar-refractivity contribution in [2.24, 2.45) is 0 Å². The molecule has 0 spiro atoms. The molecule has 0 aliphatic carbocycles. The molecule has 27 heavy (non-hydrogen) atoms. The molecular weight excluding hydrogens is 352 g/mol. The summed E-state index contributed by atoms with van der Waals surface area (Å²) in [5, 5.41) is 2.53. The number of methoxy groups -OCH3 is 1. The van der Waals surface area contributed by atoms with Gasteiger partial charge in [-0.1, -0.05) is 18.2 Å². The van der Waals surface area contributed by atoms with E-state index in [-0.39, 0.29) is 13.0 Å². The predicted octanol–water partition coefficient (Wildman–Crippen LogP) is 0.576. The van der Waals surface area contributed by atoms with Gasteiger partial charge in [-0.25, -0.2) is 4.79 Å². The fourth-order valence-corrected chi connectivity index (χ4v) is 2.44. The van der Waals surface area contributed by atoms with Crippen LogP contribution in [-0.4, -0.2) is 47.8 Å². The molecule has 0 bridgehead atoms. The summed E-state index contributed by atoms with van der Waals surface area (Å²) in [6.45, 7) is 3.09. The van der Waals surface area contributed by atoms with E-state index in [0.717, 1.165) is 4.90 Å². The number of benzene rings is 1. The standard InChI is InChI=1S/C18H22N4O5/c1-18(2)16(25)22(17(26)19-18)11-10-15(24)21-20-14(23)9-8-12-6-4-5-7-13(12)27-3/h4-9H,10-11H2,1-3H3,(H,19,26)(H,20,23)(H,21,24)/b9-8+. The SMILES string of the molecule is COc1ccccc1/C=C/C(=O)NNC(=O)CCN1C(=O)NC(C)(C)C1=O. The number of nitrogens with zero attached hydrogens (tertiary/aromatic N) is 1. The Balaban J connectivity index is 1.78. The van der Waals surface area contributed by atoms with Gasteiger partial charge in [0.25, 0.3) is 11.8 Å². The number of hydrogen-bond donors (Lipinski definition) is 3. The number of ether oxygens (including phenoxy) is 1. The van der Waals surface area contributed by atoms with Crippen LogP contribution in [0, 0.1) is 0 Å². The zero-order valence-electron chi connectivity index (χ0n) is 15.4. The van der Waals surface area contributed by atoms with Crippen LogP contribution in [0.4, 0.5) is 4.79 Å². The first kappa shape index (κ1) is 20.0. The highest BCUT2D eigenvalue weighted by Gasteiger charge is 2.43. The van der Waals surface area contributed by atoms with Crippen molar-refractivity contribution in [3.8, 4) is 5.75 Å². The fraction of sp³-hybridized carbons (Fsp3) is 0.333. The second kappa shape index (κ2) is 8.35. The number of carbonyl (C=O) groups is 4. The summed E-state index contributed by atoms with van der Waals surface area (Å²) >= 11 is 0. The first-order chi connectivity index (χ1) is 12.7. The zero-order valence-corrected chi connectivity index (χ0v) is 15.4. The summed E-state index contributed by atoms with van der Waals surface area (Å²) in [7, 11) is 1.53. The van der Waals surface area contributed by atoms with Crippen molar-refractivity contribution in [2.45, 2.75) is 25.8 Å². The number of para-hydroxylation sites is 1. The van der Waals surface area contributed by atoms with Crippen LogP contribution in [0.25, 0.3) is 6.08 Å². The van der Waals surface area contributed by atoms with Crippen LogP contribution in [0.5, 0.6) is 5.75 Å². The molecule has 144 valence electrons. The molecule has 9 heteroatoms. The van der Waals surface area contributed by atoms with Crippen molar-refractivity contribution in [1.82, 2.24) is 21.1 Å². The minimum Gasteiger partial charge on any atom is -0.496 e. The Bertz CT molecular complexity index is 788. The number of carbonyl (C=O) groups excluding carboxylic acids is 4. The average molecular weight is 374 g/mol. The first-order valence-corrected chi connectivity index (χ1v) is 8.28. The average Bonchev–Trinajstić information content (AvgIpc) is 2.83. The van der Waals surface area contributed by atoms with Gasteiger partial charge in [-0.2, -0.15) is 0 Å². The van der Waals surface area contributed by atoms with Crippen molar-refractivity contribution < 1.29 is 23.9 Å². The molecule has 1 fully saturated rings. The van der Waals surface area contributed by atoms with Gasteiger partial charge in [0.15, 0.2) is 0 Å². The number of nitrogens with one attached hydrogen (secondary N) is 3. The Morgan fingerprint density at radius 2 is 1.93 bits per heavy atom. The van der Waals surface area contributed by atoms with Crippen LogP contribution in [-0.2, 0) is 14.4 Å². The maximum atomic E-state index is 12.0. The third kappa shape index (κ3) is 5.06. The van der Waals surface area contributed by atoms with Gasteiger partial charge in [0.05, 0.1) is 7.11 Å². The molecule has 2 rings (SSSR count). The Hall–Kier alpha value is -3.36. The number of hydrazine groups is 1. The number of hydrogen-bond acceptors (Lipinski definition) is 5. The Kier molecular flexibility index (Phi) is 6.17. The van der Waals surface area contributed by atoms with Gasteiger partial charge in [0.2, 0.25) is 5.91 Å². The van der Waals surface area contributed by atoms with E-state index in [4.69, 9.17) is 4.74 Å². The highest BCUT2D eigenvalue weighted by molar-refractivity contribution is 6.06. The number of imide groups is 1. The first-order valence-electron chi connectivity index (χ1n) is 8.28. The second-order valence-corrected chi connectivity index (χ2v) is 6.37. The quantitative estimate of drug-likeness (QED) is 0.382. The summed E-state index contributed by atoms with van der Waals surface area (Å²) in [6, 6.07) is 6.61. The largest absolute Gasteiger partial charge is 0.496 e. The van der Waals surface area contributed by atoms with Gasteiger partial charge in [-0.05, 0) is 26.0 Å². The molecular formula is C18H22N4O5. The lowest BCUT2D eigenvalue weighted by atomic mass is 10.1. The molecule has 1 aromatic rings. The van der Waals surface area contributed by atoms with Gasteiger partial charge in [-0.15, -0.1) is 0 Å². The van der Waals surface area contributed by atoms with Crippen LogP contribution in [0.3, 0.4) is 0 Å². The lowest BCUT2D eigenvalue weighted by molar-refractivity contribution is -0.131. The van der Waals surface area contributed by atoms with Crippen molar-refractivity contribution in [3.63, 3.8) is 0 Å². The van der Waals surface area contributed by atoms with Crippen LogP contribution in [0.15, 0.2) is 30.3 Å². The van der Waals surface area contributed by atoms with Gasteiger partial charge in [0.1, 0.15) is 11.3 Å². The summed E-state index contributed by atoms with van der Waals surface area (Å²) in [5.74, 6) is -0.851. The third-order valence-electron chi connectivity index (χ3n) is 3.89. The molecule has 0 radical (unpaired) electrons. The third-order valence-corrected chi connectivity index (χ3v) is 3.89. The molecule has 1 aliphatic rings. The van der Waals surface area contributed by atoms with Crippen LogP contribution in [0.1, 0.15) is 25.8 Å². The topological polar surface area (TPSA) is 117 Å². The molecule has 0 unspecified atom stereocenters. The minimum absolute atomic E-state index is 0.0765. The Morgan fingerprint density at radius 1 is 1.22 bits per heavy atom. The Labute approximate surface area is 156 Å². The molecule has 1 saturated heterocycles. The fourth-order valence-electron chi connectivity index (χ4n) is 2.44. The van der Waals surface area contributed by atoms with Gasteiger partial charge < -0.3 is 10.1 Å². The molecule has 1 aromatic carbocycles. The van der Waals surface area contributed by atoms with Crippen LogP contribution < -0.4 is 20.9 Å². The summed E-state index contributed by atoms with van der Waals surface area (Å²) in [6.07, 6.45) is 2.67. The van der Waals surface area contributed by atoms with E-state index in [0.29, 0.717) is 11.3 Å². The summed E-state index contributed by atoms with van der Waals surface area (Å²) in [4.78, 5) is 48.3. The number of rotatable bonds is 6. The van der Waals surface area contributed by atoms with E-state index in [1.807, 2.05) is 6.07 Å². The maximum absolute atomic E-state index is 12.0. The molecule has 5 amide bonds. The van der Waals surface area contributed by atoms with Crippen molar-refractivity contribution >= 4 is 29.8 Å². The monoisotopic (exact) mass is 374 g/mol. The number of amides is 5. The molecule has 0 atom stereocenters. The Morgan fingerprint density at radius 3 is 2.56 bits per heavy atom. The molecule has 9 nitrogen and oxygen atoms in total. The molecule has 0 aromatic heterocycles. The molecule has 1 aliphatic heterocycles. The van der Waals surface area contributed by atoms with E-state index in [2.05, 4.69) is 16.2 Å². The number of urea groups is 1. The maximum Gasteiger partial charge on any atom is 0.325 e. The second-order valence-electron chi connectivity index (χ2n) is 6.37. The van der Waals surface area contributed by atoms with E-state index >= 15 is 0 Å². The van der Waals surface area contributed by atoms with E-state index < -0.39 is 29.3 Å². The van der Waals surface area contributed by atoms with Gasteiger partial charge in [0, 0.05) is 24.6 Å². The molecule has 0 saturated carbocycles. The van der Waals surface area contributed by atoms with Crippen molar-refractivity contribution in [2.75, 3.05) is 13.7 Å².